The summed E-state index contributed by atoms with van der Waals surface area (Å²) < 4.78 is 7.58. The van der Waals surface area contributed by atoms with Crippen LogP contribution in [0.25, 0.3) is 11.3 Å². The van der Waals surface area contributed by atoms with Gasteiger partial charge in [0.2, 0.25) is 0 Å². The first kappa shape index (κ1) is 20.4. The van der Waals surface area contributed by atoms with E-state index in [0.29, 0.717) is 31.0 Å². The molecule has 0 unspecified atom stereocenters. The number of para-hydroxylation sites is 1. The highest BCUT2D eigenvalue weighted by Crippen LogP contribution is 2.23. The first-order chi connectivity index (χ1) is 15.2. The summed E-state index contributed by atoms with van der Waals surface area (Å²) in [6.07, 6.45) is 1.84. The summed E-state index contributed by atoms with van der Waals surface area (Å²) in [6.45, 7) is 1.51. The second-order valence-electron chi connectivity index (χ2n) is 7.33. The SMILES string of the molecule is CN(CCOc1ccccc1)C(=O)c1cn(Cc2ccccc2)nc1-c1ccccc1. The summed E-state index contributed by atoms with van der Waals surface area (Å²) in [4.78, 5) is 14.9. The van der Waals surface area contributed by atoms with Crippen LogP contribution in [0, 0.1) is 0 Å². The van der Waals surface area contributed by atoms with Crippen molar-refractivity contribution in [2.45, 2.75) is 6.54 Å². The van der Waals surface area contributed by atoms with Gasteiger partial charge in [0.1, 0.15) is 18.1 Å². The predicted octanol–water partition coefficient (Wildman–Crippen LogP) is 4.75. The number of hydrogen-bond acceptors (Lipinski definition) is 3. The highest BCUT2D eigenvalue weighted by molar-refractivity contribution is 5.99. The molecule has 3 aromatic carbocycles. The Balaban J connectivity index is 1.52. The third kappa shape index (κ3) is 5.20. The van der Waals surface area contributed by atoms with Crippen molar-refractivity contribution < 1.29 is 9.53 Å². The van der Waals surface area contributed by atoms with Gasteiger partial charge in [0.05, 0.1) is 18.7 Å². The Bertz CT molecular complexity index is 1110. The number of nitrogens with zero attached hydrogens (tertiary/aromatic N) is 3. The van der Waals surface area contributed by atoms with Crippen LogP contribution in [0.5, 0.6) is 5.75 Å². The standard InChI is InChI=1S/C26H25N3O2/c1-28(17-18-31-23-15-9-4-10-16-23)26(30)24-20-29(19-21-11-5-2-6-12-21)27-25(24)22-13-7-3-8-14-22/h2-16,20H,17-19H2,1H3. The number of hydrogen-bond donors (Lipinski definition) is 0. The number of amides is 1. The number of aromatic nitrogens is 2. The molecule has 4 aromatic rings. The fraction of sp³-hybridized carbons (Fsp3) is 0.154. The maximum atomic E-state index is 13.3. The number of likely N-dealkylation sites (N-methyl/N-ethyl adjacent to an activating group) is 1. The molecule has 0 aliphatic heterocycles. The third-order valence-electron chi connectivity index (χ3n) is 5.01. The zero-order valence-corrected chi connectivity index (χ0v) is 17.5. The fourth-order valence-corrected chi connectivity index (χ4v) is 3.36. The molecule has 0 radical (unpaired) electrons. The lowest BCUT2D eigenvalue weighted by molar-refractivity contribution is 0.0774. The second-order valence-corrected chi connectivity index (χ2v) is 7.33. The van der Waals surface area contributed by atoms with Crippen LogP contribution in [-0.4, -0.2) is 40.8 Å². The van der Waals surface area contributed by atoms with Gasteiger partial charge in [-0.15, -0.1) is 0 Å². The summed E-state index contributed by atoms with van der Waals surface area (Å²) in [5.41, 5.74) is 3.33. The molecule has 1 amide bonds. The Hall–Kier alpha value is -3.86. The number of rotatable bonds is 8. The summed E-state index contributed by atoms with van der Waals surface area (Å²) in [7, 11) is 1.79. The lowest BCUT2D eigenvalue weighted by Gasteiger charge is -2.17. The molecule has 0 aliphatic rings. The molecule has 5 nitrogen and oxygen atoms in total. The highest BCUT2D eigenvalue weighted by Gasteiger charge is 2.21. The van der Waals surface area contributed by atoms with Crippen LogP contribution in [0.1, 0.15) is 15.9 Å². The van der Waals surface area contributed by atoms with E-state index >= 15 is 0 Å². The number of carbonyl (C=O) groups is 1. The topological polar surface area (TPSA) is 47.4 Å². The number of carbonyl (C=O) groups excluding carboxylic acids is 1. The molecular formula is C26H25N3O2. The van der Waals surface area contributed by atoms with Crippen LogP contribution in [0.3, 0.4) is 0 Å². The van der Waals surface area contributed by atoms with E-state index in [-0.39, 0.29) is 5.91 Å². The molecule has 0 aliphatic carbocycles. The maximum Gasteiger partial charge on any atom is 0.257 e. The van der Waals surface area contributed by atoms with E-state index < -0.39 is 0 Å². The van der Waals surface area contributed by atoms with Crippen molar-refractivity contribution in [3.05, 3.63) is 108 Å². The Morgan fingerprint density at radius 3 is 2.19 bits per heavy atom. The number of benzene rings is 3. The van der Waals surface area contributed by atoms with Crippen molar-refractivity contribution in [1.82, 2.24) is 14.7 Å². The molecule has 0 bridgehead atoms. The van der Waals surface area contributed by atoms with Gasteiger partial charge < -0.3 is 9.64 Å². The molecule has 0 N–H and O–H groups in total. The second kappa shape index (κ2) is 9.76. The van der Waals surface area contributed by atoms with E-state index in [4.69, 9.17) is 9.84 Å². The van der Waals surface area contributed by atoms with Crippen LogP contribution < -0.4 is 4.74 Å². The van der Waals surface area contributed by atoms with Crippen molar-refractivity contribution in [1.29, 1.82) is 0 Å². The molecule has 0 saturated heterocycles. The van der Waals surface area contributed by atoms with Crippen LogP contribution in [-0.2, 0) is 6.54 Å². The van der Waals surface area contributed by atoms with Gasteiger partial charge in [-0.25, -0.2) is 0 Å². The van der Waals surface area contributed by atoms with Crippen LogP contribution in [0.15, 0.2) is 97.2 Å². The van der Waals surface area contributed by atoms with Gasteiger partial charge in [0, 0.05) is 18.8 Å². The van der Waals surface area contributed by atoms with E-state index in [9.17, 15) is 4.79 Å². The molecule has 1 aromatic heterocycles. The zero-order chi connectivity index (χ0) is 21.5. The Kier molecular flexibility index (Phi) is 6.43. The molecule has 5 heteroatoms. The molecule has 31 heavy (non-hydrogen) atoms. The van der Waals surface area contributed by atoms with Crippen molar-refractivity contribution in [3.8, 4) is 17.0 Å². The Morgan fingerprint density at radius 1 is 0.903 bits per heavy atom. The maximum absolute atomic E-state index is 13.3. The van der Waals surface area contributed by atoms with Gasteiger partial charge in [-0.1, -0.05) is 78.9 Å². The van der Waals surface area contributed by atoms with Crippen LogP contribution in [0.2, 0.25) is 0 Å². The quantitative estimate of drug-likeness (QED) is 0.420. The van der Waals surface area contributed by atoms with Crippen LogP contribution in [0.4, 0.5) is 0 Å². The smallest absolute Gasteiger partial charge is 0.257 e. The molecule has 4 rings (SSSR count). The van der Waals surface area contributed by atoms with Gasteiger partial charge in [-0.05, 0) is 17.7 Å². The van der Waals surface area contributed by atoms with Crippen molar-refractivity contribution in [2.75, 3.05) is 20.2 Å². The minimum atomic E-state index is -0.0742. The van der Waals surface area contributed by atoms with Crippen molar-refractivity contribution in [3.63, 3.8) is 0 Å². The van der Waals surface area contributed by atoms with Crippen molar-refractivity contribution in [2.24, 2.45) is 0 Å². The summed E-state index contributed by atoms with van der Waals surface area (Å²) >= 11 is 0. The Labute approximate surface area is 182 Å². The molecule has 0 saturated carbocycles. The Morgan fingerprint density at radius 2 is 1.52 bits per heavy atom. The van der Waals surface area contributed by atoms with Gasteiger partial charge in [-0.3, -0.25) is 9.48 Å². The molecule has 1 heterocycles. The summed E-state index contributed by atoms with van der Waals surface area (Å²) in [5, 5.41) is 4.74. The first-order valence-corrected chi connectivity index (χ1v) is 10.3. The highest BCUT2D eigenvalue weighted by atomic mass is 16.5. The average Bonchev–Trinajstić information content (AvgIpc) is 3.24. The van der Waals surface area contributed by atoms with E-state index in [1.54, 1.807) is 11.9 Å². The lowest BCUT2D eigenvalue weighted by atomic mass is 10.1. The first-order valence-electron chi connectivity index (χ1n) is 10.3. The van der Waals surface area contributed by atoms with Crippen molar-refractivity contribution >= 4 is 5.91 Å². The van der Waals surface area contributed by atoms with Gasteiger partial charge >= 0.3 is 0 Å². The van der Waals surface area contributed by atoms with Gasteiger partial charge in [0.25, 0.3) is 5.91 Å². The molecular weight excluding hydrogens is 386 g/mol. The van der Waals surface area contributed by atoms with Gasteiger partial charge in [0.15, 0.2) is 0 Å². The molecule has 0 fully saturated rings. The zero-order valence-electron chi connectivity index (χ0n) is 17.5. The van der Waals surface area contributed by atoms with E-state index in [2.05, 4.69) is 12.1 Å². The lowest BCUT2D eigenvalue weighted by Crippen LogP contribution is -2.31. The van der Waals surface area contributed by atoms with Crippen LogP contribution >= 0.6 is 0 Å². The molecule has 0 atom stereocenters. The summed E-state index contributed by atoms with van der Waals surface area (Å²) in [6, 6.07) is 29.5. The monoisotopic (exact) mass is 411 g/mol. The third-order valence-corrected chi connectivity index (χ3v) is 5.01. The summed E-state index contributed by atoms with van der Waals surface area (Å²) in [5.74, 6) is 0.721. The minimum absolute atomic E-state index is 0.0742. The van der Waals surface area contributed by atoms with E-state index in [1.807, 2.05) is 89.7 Å². The minimum Gasteiger partial charge on any atom is -0.492 e. The van der Waals surface area contributed by atoms with E-state index in [1.165, 1.54) is 0 Å². The predicted molar refractivity (Wildman–Crippen MR) is 122 cm³/mol. The molecule has 156 valence electrons. The fourth-order valence-electron chi connectivity index (χ4n) is 3.36. The van der Waals surface area contributed by atoms with E-state index in [0.717, 1.165) is 16.9 Å². The molecule has 0 spiro atoms. The van der Waals surface area contributed by atoms with Gasteiger partial charge in [-0.2, -0.15) is 5.10 Å². The normalized spacial score (nSPS) is 10.6. The largest absolute Gasteiger partial charge is 0.492 e. The average molecular weight is 412 g/mol. The number of ether oxygens (including phenoxy) is 1.